The Hall–Kier alpha value is -2.17. The van der Waals surface area contributed by atoms with Gasteiger partial charge >= 0.3 is 0 Å². The maximum atomic E-state index is 13.9. The van der Waals surface area contributed by atoms with Crippen molar-refractivity contribution in [3.63, 3.8) is 0 Å². The van der Waals surface area contributed by atoms with Crippen LogP contribution < -0.4 is 0 Å². The topological polar surface area (TPSA) is 8.17 Å². The second kappa shape index (κ2) is 7.22. The Morgan fingerprint density at radius 1 is 0.962 bits per heavy atom. The lowest BCUT2D eigenvalue weighted by Crippen LogP contribution is -2.29. The zero-order chi connectivity index (χ0) is 18.1. The monoisotopic (exact) mass is 372 g/mol. The van der Waals surface area contributed by atoms with Gasteiger partial charge in [0.15, 0.2) is 11.6 Å². The summed E-state index contributed by atoms with van der Waals surface area (Å²) in [4.78, 5) is 2.31. The Balaban J connectivity index is 1.75. The quantitative estimate of drug-likeness (QED) is 0.596. The predicted octanol–water partition coefficient (Wildman–Crippen LogP) is 5.42. The SMILES string of the molecule is Fc1ccc([C@H]2c3cccn3CCCN2Cc2ccc(Cl)cc2)cc1F. The van der Waals surface area contributed by atoms with Crippen LogP contribution in [-0.2, 0) is 13.1 Å². The number of benzene rings is 2. The van der Waals surface area contributed by atoms with Crippen LogP contribution in [0.5, 0.6) is 0 Å². The molecule has 134 valence electrons. The Bertz CT molecular complexity index is 905. The first-order valence-electron chi connectivity index (χ1n) is 8.70. The van der Waals surface area contributed by atoms with Gasteiger partial charge in [0, 0.05) is 36.5 Å². The minimum Gasteiger partial charge on any atom is -0.350 e. The van der Waals surface area contributed by atoms with Crippen LogP contribution in [0.3, 0.4) is 0 Å². The van der Waals surface area contributed by atoms with Gasteiger partial charge in [-0.25, -0.2) is 8.78 Å². The molecule has 2 nitrogen and oxygen atoms in total. The molecule has 0 saturated carbocycles. The maximum Gasteiger partial charge on any atom is 0.159 e. The second-order valence-corrected chi connectivity index (χ2v) is 7.09. The molecule has 0 unspecified atom stereocenters. The number of hydrogen-bond donors (Lipinski definition) is 0. The third-order valence-electron chi connectivity index (χ3n) is 4.91. The average Bonchev–Trinajstić information content (AvgIpc) is 3.01. The summed E-state index contributed by atoms with van der Waals surface area (Å²) in [5, 5.41) is 0.704. The number of rotatable bonds is 3. The van der Waals surface area contributed by atoms with Crippen molar-refractivity contribution in [3.8, 4) is 0 Å². The van der Waals surface area contributed by atoms with Crippen molar-refractivity contribution < 1.29 is 8.78 Å². The third-order valence-corrected chi connectivity index (χ3v) is 5.16. The van der Waals surface area contributed by atoms with E-state index in [2.05, 4.69) is 15.5 Å². The van der Waals surface area contributed by atoms with Gasteiger partial charge in [0.25, 0.3) is 0 Å². The fourth-order valence-corrected chi connectivity index (χ4v) is 3.82. The van der Waals surface area contributed by atoms with E-state index in [4.69, 9.17) is 11.6 Å². The molecule has 0 amide bonds. The zero-order valence-corrected chi connectivity index (χ0v) is 15.0. The minimum absolute atomic E-state index is 0.127. The largest absolute Gasteiger partial charge is 0.350 e. The van der Waals surface area contributed by atoms with Crippen molar-refractivity contribution >= 4 is 11.6 Å². The first-order valence-corrected chi connectivity index (χ1v) is 9.08. The van der Waals surface area contributed by atoms with E-state index in [0.29, 0.717) is 11.6 Å². The number of nitrogens with zero attached hydrogens (tertiary/aromatic N) is 2. The van der Waals surface area contributed by atoms with E-state index in [9.17, 15) is 8.78 Å². The van der Waals surface area contributed by atoms with Crippen molar-refractivity contribution in [3.05, 3.63) is 94.3 Å². The summed E-state index contributed by atoms with van der Waals surface area (Å²) < 4.78 is 29.6. The lowest BCUT2D eigenvalue weighted by Gasteiger charge is -2.30. The van der Waals surface area contributed by atoms with E-state index in [1.54, 1.807) is 6.07 Å². The number of fused-ring (bicyclic) bond motifs is 1. The van der Waals surface area contributed by atoms with Crippen LogP contribution >= 0.6 is 11.6 Å². The smallest absolute Gasteiger partial charge is 0.159 e. The van der Waals surface area contributed by atoms with Crippen molar-refractivity contribution in [1.29, 1.82) is 0 Å². The standard InChI is InChI=1S/C21H19ClF2N2/c22-17-7-4-15(5-8-17)14-26-12-2-11-25-10-1-3-20(25)21(26)16-6-9-18(23)19(24)13-16/h1,3-10,13,21H,2,11-12,14H2/t21-/m0/s1. The van der Waals surface area contributed by atoms with Crippen molar-refractivity contribution in [2.24, 2.45) is 0 Å². The first-order chi connectivity index (χ1) is 12.6. The molecular weight excluding hydrogens is 354 g/mol. The summed E-state index contributed by atoms with van der Waals surface area (Å²) in [5.74, 6) is -1.63. The van der Waals surface area contributed by atoms with Crippen LogP contribution in [0, 0.1) is 11.6 Å². The number of aryl methyl sites for hydroxylation is 1. The van der Waals surface area contributed by atoms with Gasteiger partial charge < -0.3 is 4.57 Å². The minimum atomic E-state index is -0.818. The normalized spacial score (nSPS) is 17.7. The highest BCUT2D eigenvalue weighted by Crippen LogP contribution is 2.33. The molecule has 1 atom stereocenters. The fraction of sp³-hybridized carbons (Fsp3) is 0.238. The Labute approximate surface area is 156 Å². The van der Waals surface area contributed by atoms with Crippen LogP contribution in [0.4, 0.5) is 8.78 Å². The molecule has 1 aliphatic heterocycles. The molecule has 0 spiro atoms. The molecule has 4 rings (SSSR count). The van der Waals surface area contributed by atoms with Crippen molar-refractivity contribution in [2.75, 3.05) is 6.54 Å². The number of hydrogen-bond acceptors (Lipinski definition) is 1. The summed E-state index contributed by atoms with van der Waals surface area (Å²) in [6.07, 6.45) is 3.05. The molecule has 0 fully saturated rings. The average molecular weight is 373 g/mol. The zero-order valence-electron chi connectivity index (χ0n) is 14.2. The molecule has 0 saturated heterocycles. The number of halogens is 3. The van der Waals surface area contributed by atoms with Gasteiger partial charge in [-0.1, -0.05) is 29.8 Å². The molecule has 5 heteroatoms. The molecule has 1 aromatic heterocycles. The summed E-state index contributed by atoms with van der Waals surface area (Å²) in [6, 6.07) is 15.9. The molecule has 2 heterocycles. The van der Waals surface area contributed by atoms with Gasteiger partial charge in [0.1, 0.15) is 0 Å². The molecule has 1 aliphatic rings. The highest BCUT2D eigenvalue weighted by Gasteiger charge is 2.28. The second-order valence-electron chi connectivity index (χ2n) is 6.65. The van der Waals surface area contributed by atoms with Gasteiger partial charge in [-0.3, -0.25) is 4.90 Å². The van der Waals surface area contributed by atoms with Gasteiger partial charge in [0.05, 0.1) is 6.04 Å². The van der Waals surface area contributed by atoms with Crippen LogP contribution in [0.25, 0.3) is 0 Å². The molecule has 26 heavy (non-hydrogen) atoms. The molecular formula is C21H19ClF2N2. The summed E-state index contributed by atoms with van der Waals surface area (Å²) in [6.45, 7) is 2.50. The first kappa shape index (κ1) is 17.3. The lowest BCUT2D eigenvalue weighted by atomic mass is 10.0. The van der Waals surface area contributed by atoms with Crippen LogP contribution in [0.15, 0.2) is 60.8 Å². The van der Waals surface area contributed by atoms with Crippen molar-refractivity contribution in [2.45, 2.75) is 25.6 Å². The molecule has 0 radical (unpaired) electrons. The van der Waals surface area contributed by atoms with Crippen molar-refractivity contribution in [1.82, 2.24) is 9.47 Å². The summed E-state index contributed by atoms with van der Waals surface area (Å²) in [5.41, 5.74) is 3.00. The van der Waals surface area contributed by atoms with E-state index in [1.807, 2.05) is 36.5 Å². The Morgan fingerprint density at radius 2 is 1.77 bits per heavy atom. The third kappa shape index (κ3) is 3.39. The Morgan fingerprint density at radius 3 is 2.54 bits per heavy atom. The molecule has 0 N–H and O–H groups in total. The van der Waals surface area contributed by atoms with E-state index in [-0.39, 0.29) is 6.04 Å². The van der Waals surface area contributed by atoms with E-state index < -0.39 is 11.6 Å². The highest BCUT2D eigenvalue weighted by molar-refractivity contribution is 6.30. The van der Waals surface area contributed by atoms with Gasteiger partial charge in [-0.2, -0.15) is 0 Å². The highest BCUT2D eigenvalue weighted by atomic mass is 35.5. The van der Waals surface area contributed by atoms with Crippen LogP contribution in [0.1, 0.15) is 29.3 Å². The van der Waals surface area contributed by atoms with Gasteiger partial charge in [0.2, 0.25) is 0 Å². The number of aromatic nitrogens is 1. The van der Waals surface area contributed by atoms with Crippen LogP contribution in [0.2, 0.25) is 5.02 Å². The predicted molar refractivity (Wildman–Crippen MR) is 99.1 cm³/mol. The van der Waals surface area contributed by atoms with Crippen LogP contribution in [-0.4, -0.2) is 16.0 Å². The maximum absolute atomic E-state index is 13.9. The lowest BCUT2D eigenvalue weighted by molar-refractivity contribution is 0.220. The summed E-state index contributed by atoms with van der Waals surface area (Å²) in [7, 11) is 0. The molecule has 2 aromatic carbocycles. The fourth-order valence-electron chi connectivity index (χ4n) is 3.70. The Kier molecular flexibility index (Phi) is 4.79. The molecule has 0 aliphatic carbocycles. The van der Waals surface area contributed by atoms with E-state index in [0.717, 1.165) is 36.3 Å². The van der Waals surface area contributed by atoms with E-state index in [1.165, 1.54) is 12.1 Å². The molecule has 3 aromatic rings. The van der Waals surface area contributed by atoms with Gasteiger partial charge in [-0.15, -0.1) is 0 Å². The molecule has 0 bridgehead atoms. The summed E-state index contributed by atoms with van der Waals surface area (Å²) >= 11 is 6.00. The van der Waals surface area contributed by atoms with E-state index >= 15 is 0 Å². The van der Waals surface area contributed by atoms with Gasteiger partial charge in [-0.05, 0) is 53.9 Å².